The van der Waals surface area contributed by atoms with E-state index in [9.17, 15) is 4.79 Å². The molecule has 1 N–H and O–H groups in total. The van der Waals surface area contributed by atoms with E-state index in [0.29, 0.717) is 5.92 Å². The summed E-state index contributed by atoms with van der Waals surface area (Å²) >= 11 is 5.95. The van der Waals surface area contributed by atoms with E-state index in [-0.39, 0.29) is 11.8 Å². The van der Waals surface area contributed by atoms with Crippen molar-refractivity contribution in [2.75, 3.05) is 6.54 Å². The number of hydrogen-bond donors (Lipinski definition) is 1. The summed E-state index contributed by atoms with van der Waals surface area (Å²) in [6.07, 6.45) is 3.53. The van der Waals surface area contributed by atoms with Crippen molar-refractivity contribution in [3.8, 4) is 0 Å². The second-order valence-corrected chi connectivity index (χ2v) is 5.63. The van der Waals surface area contributed by atoms with Crippen molar-refractivity contribution in [1.82, 2.24) is 5.32 Å². The van der Waals surface area contributed by atoms with Crippen LogP contribution < -0.4 is 5.32 Å². The normalized spacial score (nSPS) is 26.6. The molecule has 0 unspecified atom stereocenters. The van der Waals surface area contributed by atoms with Gasteiger partial charge in [0.2, 0.25) is 5.91 Å². The van der Waals surface area contributed by atoms with Gasteiger partial charge in [0.05, 0.1) is 0 Å². The molecule has 2 nitrogen and oxygen atoms in total. The minimum absolute atomic E-state index is 0.173. The number of nitrogens with one attached hydrogen (secondary N) is 1. The van der Waals surface area contributed by atoms with E-state index in [1.165, 1.54) is 18.4 Å². The van der Waals surface area contributed by atoms with E-state index < -0.39 is 0 Å². The summed E-state index contributed by atoms with van der Waals surface area (Å²) in [6.45, 7) is 0.873. The van der Waals surface area contributed by atoms with Gasteiger partial charge in [-0.05, 0) is 48.8 Å². The van der Waals surface area contributed by atoms with E-state index in [1.807, 2.05) is 18.2 Å². The highest BCUT2D eigenvalue weighted by atomic mass is 35.5. The highest BCUT2D eigenvalue weighted by molar-refractivity contribution is 6.30. The zero-order valence-corrected chi connectivity index (χ0v) is 10.4. The maximum absolute atomic E-state index is 11.9. The molecule has 1 amide bonds. The largest absolute Gasteiger partial charge is 0.356 e. The van der Waals surface area contributed by atoms with Crippen molar-refractivity contribution in [3.63, 3.8) is 0 Å². The Kier molecular flexibility index (Phi) is 2.83. The van der Waals surface area contributed by atoms with Crippen molar-refractivity contribution in [3.05, 3.63) is 34.9 Å². The second-order valence-electron chi connectivity index (χ2n) is 5.19. The molecule has 3 rings (SSSR count). The van der Waals surface area contributed by atoms with Crippen LogP contribution in [0.4, 0.5) is 0 Å². The minimum atomic E-state index is 0.173. The summed E-state index contributed by atoms with van der Waals surface area (Å²) in [6, 6.07) is 7.86. The monoisotopic (exact) mass is 249 g/mol. The highest BCUT2D eigenvalue weighted by Gasteiger charge is 2.44. The van der Waals surface area contributed by atoms with Gasteiger partial charge >= 0.3 is 0 Å². The Labute approximate surface area is 106 Å². The third-order valence-corrected chi connectivity index (χ3v) is 3.90. The topological polar surface area (TPSA) is 29.1 Å². The molecule has 0 aliphatic heterocycles. The molecule has 0 radical (unpaired) electrons. The zero-order chi connectivity index (χ0) is 11.8. The highest BCUT2D eigenvalue weighted by Crippen LogP contribution is 2.48. The van der Waals surface area contributed by atoms with Gasteiger partial charge in [0.15, 0.2) is 0 Å². The molecule has 17 heavy (non-hydrogen) atoms. The van der Waals surface area contributed by atoms with Crippen molar-refractivity contribution < 1.29 is 4.79 Å². The SMILES string of the molecule is O=C(NCC1CC1)[C@@H]1C[C@H]1c1cccc(Cl)c1. The number of hydrogen-bond acceptors (Lipinski definition) is 1. The first-order chi connectivity index (χ1) is 8.24. The predicted molar refractivity (Wildman–Crippen MR) is 68.0 cm³/mol. The van der Waals surface area contributed by atoms with Gasteiger partial charge in [0, 0.05) is 17.5 Å². The molecule has 1 aromatic rings. The molecular formula is C14H16ClNO. The molecular weight excluding hydrogens is 234 g/mol. The van der Waals surface area contributed by atoms with Crippen LogP contribution in [-0.2, 0) is 4.79 Å². The van der Waals surface area contributed by atoms with Gasteiger partial charge in [-0.15, -0.1) is 0 Å². The van der Waals surface area contributed by atoms with Crippen LogP contribution in [0.3, 0.4) is 0 Å². The lowest BCUT2D eigenvalue weighted by Gasteiger charge is -2.04. The molecule has 2 aliphatic rings. The summed E-state index contributed by atoms with van der Waals surface area (Å²) in [7, 11) is 0. The molecule has 0 spiro atoms. The van der Waals surface area contributed by atoms with Crippen LogP contribution in [0.15, 0.2) is 24.3 Å². The van der Waals surface area contributed by atoms with Crippen LogP contribution in [0.5, 0.6) is 0 Å². The molecule has 2 fully saturated rings. The first-order valence-electron chi connectivity index (χ1n) is 6.27. The van der Waals surface area contributed by atoms with Gasteiger partial charge in [-0.2, -0.15) is 0 Å². The van der Waals surface area contributed by atoms with Crippen LogP contribution >= 0.6 is 11.6 Å². The van der Waals surface area contributed by atoms with Crippen molar-refractivity contribution in [1.29, 1.82) is 0 Å². The lowest BCUT2D eigenvalue weighted by Crippen LogP contribution is -2.27. The maximum atomic E-state index is 11.9. The average molecular weight is 250 g/mol. The fourth-order valence-corrected chi connectivity index (χ4v) is 2.49. The van der Waals surface area contributed by atoms with Crippen molar-refractivity contribution in [2.24, 2.45) is 11.8 Å². The molecule has 0 heterocycles. The molecule has 2 saturated carbocycles. The van der Waals surface area contributed by atoms with E-state index in [1.54, 1.807) is 0 Å². The summed E-state index contributed by atoms with van der Waals surface area (Å²) in [5, 5.41) is 3.81. The number of amides is 1. The smallest absolute Gasteiger partial charge is 0.223 e. The number of carbonyl (C=O) groups excluding carboxylic acids is 1. The molecule has 0 bridgehead atoms. The predicted octanol–water partition coefficient (Wildman–Crippen LogP) is 2.97. The van der Waals surface area contributed by atoms with Crippen LogP contribution in [0.2, 0.25) is 5.02 Å². The summed E-state index contributed by atoms with van der Waals surface area (Å²) in [4.78, 5) is 11.9. The van der Waals surface area contributed by atoms with E-state index in [0.717, 1.165) is 23.9 Å². The van der Waals surface area contributed by atoms with E-state index in [2.05, 4.69) is 11.4 Å². The summed E-state index contributed by atoms with van der Waals surface area (Å²) < 4.78 is 0. The van der Waals surface area contributed by atoms with Gasteiger partial charge in [-0.3, -0.25) is 4.79 Å². The van der Waals surface area contributed by atoms with Crippen LogP contribution in [0.1, 0.15) is 30.7 Å². The van der Waals surface area contributed by atoms with E-state index >= 15 is 0 Å². The lowest BCUT2D eigenvalue weighted by molar-refractivity contribution is -0.122. The van der Waals surface area contributed by atoms with Gasteiger partial charge in [-0.25, -0.2) is 0 Å². The maximum Gasteiger partial charge on any atom is 0.223 e. The van der Waals surface area contributed by atoms with Gasteiger partial charge < -0.3 is 5.32 Å². The quantitative estimate of drug-likeness (QED) is 0.873. The fraction of sp³-hybridized carbons (Fsp3) is 0.500. The molecule has 1 aromatic carbocycles. The minimum Gasteiger partial charge on any atom is -0.356 e. The molecule has 3 heteroatoms. The number of carbonyl (C=O) groups is 1. The lowest BCUT2D eigenvalue weighted by atomic mass is 10.1. The average Bonchev–Trinajstić information content (AvgIpc) is 3.18. The number of benzene rings is 1. The summed E-state index contributed by atoms with van der Waals surface area (Å²) in [5.74, 6) is 1.53. The fourth-order valence-electron chi connectivity index (χ4n) is 2.29. The Balaban J connectivity index is 1.56. The number of halogens is 1. The Morgan fingerprint density at radius 3 is 2.94 bits per heavy atom. The molecule has 2 atom stereocenters. The Bertz CT molecular complexity index is 442. The molecule has 90 valence electrons. The standard InChI is InChI=1S/C14H16ClNO/c15-11-3-1-2-10(6-11)12-7-13(12)14(17)16-8-9-4-5-9/h1-3,6,9,12-13H,4-5,7-8H2,(H,16,17)/t12-,13+/m0/s1. The van der Waals surface area contributed by atoms with Gasteiger partial charge in [-0.1, -0.05) is 23.7 Å². The van der Waals surface area contributed by atoms with Crippen molar-refractivity contribution >= 4 is 17.5 Å². The van der Waals surface area contributed by atoms with E-state index in [4.69, 9.17) is 11.6 Å². The third kappa shape index (κ3) is 2.63. The first-order valence-corrected chi connectivity index (χ1v) is 6.65. The third-order valence-electron chi connectivity index (χ3n) is 3.67. The van der Waals surface area contributed by atoms with Crippen LogP contribution in [-0.4, -0.2) is 12.5 Å². The van der Waals surface area contributed by atoms with Crippen molar-refractivity contribution in [2.45, 2.75) is 25.2 Å². The molecule has 0 saturated heterocycles. The molecule has 0 aromatic heterocycles. The van der Waals surface area contributed by atoms with Crippen LogP contribution in [0, 0.1) is 11.8 Å². The second kappa shape index (κ2) is 4.34. The van der Waals surface area contributed by atoms with Crippen LogP contribution in [0.25, 0.3) is 0 Å². The van der Waals surface area contributed by atoms with Gasteiger partial charge in [0.1, 0.15) is 0 Å². The summed E-state index contributed by atoms with van der Waals surface area (Å²) in [5.41, 5.74) is 1.20. The Morgan fingerprint density at radius 2 is 2.24 bits per heavy atom. The first kappa shape index (κ1) is 11.1. The molecule has 2 aliphatic carbocycles. The Morgan fingerprint density at radius 1 is 1.41 bits per heavy atom. The van der Waals surface area contributed by atoms with Gasteiger partial charge in [0.25, 0.3) is 0 Å². The zero-order valence-electron chi connectivity index (χ0n) is 9.66. The number of rotatable bonds is 4. The Hall–Kier alpha value is -1.02.